The quantitative estimate of drug-likeness (QED) is 0.771. The number of aliphatic carboxylic acids is 1. The SMILES string of the molecule is CC(C)COc1cccc(NC(=O)CSCC(=O)O)c1. The van der Waals surface area contributed by atoms with Gasteiger partial charge in [-0.15, -0.1) is 11.8 Å². The van der Waals surface area contributed by atoms with Gasteiger partial charge in [0.1, 0.15) is 5.75 Å². The first-order valence-electron chi connectivity index (χ1n) is 6.29. The van der Waals surface area contributed by atoms with Gasteiger partial charge in [-0.05, 0) is 18.1 Å². The maximum atomic E-state index is 11.6. The first-order valence-corrected chi connectivity index (χ1v) is 7.45. The molecule has 1 amide bonds. The van der Waals surface area contributed by atoms with Crippen LogP contribution in [0.1, 0.15) is 13.8 Å². The van der Waals surface area contributed by atoms with Crippen molar-refractivity contribution in [3.05, 3.63) is 24.3 Å². The van der Waals surface area contributed by atoms with Crippen LogP contribution in [0, 0.1) is 5.92 Å². The topological polar surface area (TPSA) is 75.6 Å². The molecule has 0 saturated carbocycles. The molecule has 0 bridgehead atoms. The monoisotopic (exact) mass is 297 g/mol. The van der Waals surface area contributed by atoms with Crippen molar-refractivity contribution in [2.45, 2.75) is 13.8 Å². The molecule has 0 aliphatic carbocycles. The molecule has 0 aliphatic heterocycles. The average molecular weight is 297 g/mol. The van der Waals surface area contributed by atoms with Crippen molar-refractivity contribution in [3.63, 3.8) is 0 Å². The predicted molar refractivity (Wildman–Crippen MR) is 80.4 cm³/mol. The fourth-order valence-corrected chi connectivity index (χ4v) is 1.89. The van der Waals surface area contributed by atoms with Crippen LogP contribution in [0.4, 0.5) is 5.69 Å². The minimum atomic E-state index is -0.924. The maximum absolute atomic E-state index is 11.6. The number of hydrogen-bond donors (Lipinski definition) is 2. The van der Waals surface area contributed by atoms with Crippen LogP contribution in [-0.2, 0) is 9.59 Å². The molecule has 0 spiro atoms. The van der Waals surface area contributed by atoms with E-state index in [2.05, 4.69) is 19.2 Å². The molecule has 1 aromatic carbocycles. The lowest BCUT2D eigenvalue weighted by Gasteiger charge is -2.10. The highest BCUT2D eigenvalue weighted by Crippen LogP contribution is 2.18. The maximum Gasteiger partial charge on any atom is 0.313 e. The molecule has 0 atom stereocenters. The van der Waals surface area contributed by atoms with E-state index in [1.54, 1.807) is 18.2 Å². The number of rotatable bonds is 8. The van der Waals surface area contributed by atoms with E-state index in [1.807, 2.05) is 6.07 Å². The van der Waals surface area contributed by atoms with E-state index in [0.29, 0.717) is 24.0 Å². The number of thioether (sulfide) groups is 1. The second-order valence-corrected chi connectivity index (χ2v) is 5.65. The molecule has 0 heterocycles. The standard InChI is InChI=1S/C14H19NO4S/c1-10(2)7-19-12-5-3-4-11(6-12)15-13(16)8-20-9-14(17)18/h3-6,10H,7-9H2,1-2H3,(H,15,16)(H,17,18). The van der Waals surface area contributed by atoms with Crippen molar-refractivity contribution in [2.75, 3.05) is 23.4 Å². The third-order valence-corrected chi connectivity index (χ3v) is 3.08. The molecule has 0 aliphatic rings. The number of amides is 1. The Morgan fingerprint density at radius 2 is 2.10 bits per heavy atom. The third kappa shape index (κ3) is 7.04. The lowest BCUT2D eigenvalue weighted by molar-refractivity contribution is -0.133. The van der Waals surface area contributed by atoms with Gasteiger partial charge in [0.2, 0.25) is 5.91 Å². The van der Waals surface area contributed by atoms with Crippen LogP contribution in [0.2, 0.25) is 0 Å². The van der Waals surface area contributed by atoms with Gasteiger partial charge in [0.25, 0.3) is 0 Å². The third-order valence-electron chi connectivity index (χ3n) is 2.16. The van der Waals surface area contributed by atoms with Gasteiger partial charge < -0.3 is 15.2 Å². The fourth-order valence-electron chi connectivity index (χ4n) is 1.35. The molecule has 0 radical (unpaired) electrons. The molecule has 1 rings (SSSR count). The zero-order chi connectivity index (χ0) is 15.0. The Balaban J connectivity index is 2.44. The number of nitrogens with one attached hydrogen (secondary N) is 1. The van der Waals surface area contributed by atoms with Crippen molar-refractivity contribution in [1.82, 2.24) is 0 Å². The van der Waals surface area contributed by atoms with Crippen LogP contribution in [0.3, 0.4) is 0 Å². The molecule has 1 aromatic rings. The lowest BCUT2D eigenvalue weighted by Crippen LogP contribution is -2.15. The summed E-state index contributed by atoms with van der Waals surface area (Å²) in [5.41, 5.74) is 0.646. The largest absolute Gasteiger partial charge is 0.493 e. The molecule has 20 heavy (non-hydrogen) atoms. The summed E-state index contributed by atoms with van der Waals surface area (Å²) in [5, 5.41) is 11.2. The van der Waals surface area contributed by atoms with E-state index in [0.717, 1.165) is 11.8 Å². The number of hydrogen-bond acceptors (Lipinski definition) is 4. The lowest BCUT2D eigenvalue weighted by atomic mass is 10.2. The van der Waals surface area contributed by atoms with Crippen molar-refractivity contribution in [3.8, 4) is 5.75 Å². The van der Waals surface area contributed by atoms with Crippen LogP contribution < -0.4 is 10.1 Å². The van der Waals surface area contributed by atoms with Gasteiger partial charge in [0.05, 0.1) is 18.1 Å². The Hall–Kier alpha value is -1.69. The Morgan fingerprint density at radius 1 is 1.35 bits per heavy atom. The number of ether oxygens (including phenoxy) is 1. The molecule has 6 heteroatoms. The number of carbonyl (C=O) groups excluding carboxylic acids is 1. The Morgan fingerprint density at radius 3 is 2.75 bits per heavy atom. The van der Waals surface area contributed by atoms with E-state index in [-0.39, 0.29) is 17.4 Å². The first kappa shape index (κ1) is 16.4. The number of carboxylic acids is 1. The molecular formula is C14H19NO4S. The first-order chi connectivity index (χ1) is 9.47. The van der Waals surface area contributed by atoms with Crippen molar-refractivity contribution < 1.29 is 19.4 Å². The van der Waals surface area contributed by atoms with Gasteiger partial charge in [0, 0.05) is 11.8 Å². The van der Waals surface area contributed by atoms with E-state index >= 15 is 0 Å². The highest BCUT2D eigenvalue weighted by molar-refractivity contribution is 8.00. The summed E-state index contributed by atoms with van der Waals surface area (Å²) in [6.45, 7) is 4.74. The molecule has 0 aromatic heterocycles. The summed E-state index contributed by atoms with van der Waals surface area (Å²) in [4.78, 5) is 21.9. The van der Waals surface area contributed by atoms with E-state index in [1.165, 1.54) is 0 Å². The molecule has 5 nitrogen and oxygen atoms in total. The normalized spacial score (nSPS) is 10.3. The predicted octanol–water partition coefficient (Wildman–Crippen LogP) is 2.48. The summed E-state index contributed by atoms with van der Waals surface area (Å²) in [6.07, 6.45) is 0. The average Bonchev–Trinajstić information content (AvgIpc) is 2.36. The summed E-state index contributed by atoms with van der Waals surface area (Å²) < 4.78 is 5.57. The van der Waals surface area contributed by atoms with Gasteiger partial charge in [-0.25, -0.2) is 0 Å². The van der Waals surface area contributed by atoms with E-state index in [9.17, 15) is 9.59 Å². The number of carbonyl (C=O) groups is 2. The number of benzene rings is 1. The van der Waals surface area contributed by atoms with E-state index in [4.69, 9.17) is 9.84 Å². The molecular weight excluding hydrogens is 278 g/mol. The van der Waals surface area contributed by atoms with Gasteiger partial charge in [-0.2, -0.15) is 0 Å². The second kappa shape index (κ2) is 8.47. The van der Waals surface area contributed by atoms with Gasteiger partial charge in [0.15, 0.2) is 0 Å². The van der Waals surface area contributed by atoms with Crippen LogP contribution in [-0.4, -0.2) is 35.1 Å². The Labute approximate surface area is 122 Å². The molecule has 110 valence electrons. The molecule has 0 saturated heterocycles. The van der Waals surface area contributed by atoms with Crippen molar-refractivity contribution in [1.29, 1.82) is 0 Å². The summed E-state index contributed by atoms with van der Waals surface area (Å²) in [6, 6.07) is 7.15. The highest BCUT2D eigenvalue weighted by atomic mass is 32.2. The fraction of sp³-hybridized carbons (Fsp3) is 0.429. The molecule has 0 fully saturated rings. The Bertz CT molecular complexity index is 462. The van der Waals surface area contributed by atoms with Crippen molar-refractivity contribution >= 4 is 29.3 Å². The smallest absolute Gasteiger partial charge is 0.313 e. The Kier molecular flexibility index (Phi) is 6.93. The van der Waals surface area contributed by atoms with Crippen molar-refractivity contribution in [2.24, 2.45) is 5.92 Å². The highest BCUT2D eigenvalue weighted by Gasteiger charge is 2.06. The number of anilines is 1. The molecule has 2 N–H and O–H groups in total. The number of carboxylic acid groups (broad SMARTS) is 1. The van der Waals surface area contributed by atoms with E-state index < -0.39 is 5.97 Å². The van der Waals surface area contributed by atoms with Gasteiger partial charge in [-0.3, -0.25) is 9.59 Å². The second-order valence-electron chi connectivity index (χ2n) is 4.67. The zero-order valence-corrected chi connectivity index (χ0v) is 12.4. The summed E-state index contributed by atoms with van der Waals surface area (Å²) >= 11 is 1.06. The van der Waals surface area contributed by atoms with Crippen LogP contribution >= 0.6 is 11.8 Å². The van der Waals surface area contributed by atoms with Gasteiger partial charge >= 0.3 is 5.97 Å². The summed E-state index contributed by atoms with van der Waals surface area (Å²) in [7, 11) is 0. The van der Waals surface area contributed by atoms with Gasteiger partial charge in [-0.1, -0.05) is 19.9 Å². The summed E-state index contributed by atoms with van der Waals surface area (Å²) in [5.74, 6) is 0.0217. The molecule has 0 unspecified atom stereocenters. The zero-order valence-electron chi connectivity index (χ0n) is 11.6. The van der Waals surface area contributed by atoms with Crippen LogP contribution in [0.5, 0.6) is 5.75 Å². The minimum Gasteiger partial charge on any atom is -0.493 e. The van der Waals surface area contributed by atoms with Crippen LogP contribution in [0.15, 0.2) is 24.3 Å². The minimum absolute atomic E-state index is 0.0784. The van der Waals surface area contributed by atoms with Crippen LogP contribution in [0.25, 0.3) is 0 Å².